The van der Waals surface area contributed by atoms with E-state index in [4.69, 9.17) is 5.73 Å². The summed E-state index contributed by atoms with van der Waals surface area (Å²) in [5.74, 6) is 0.618. The Kier molecular flexibility index (Phi) is 3.85. The van der Waals surface area contributed by atoms with E-state index in [2.05, 4.69) is 49.0 Å². The zero-order valence-electron chi connectivity index (χ0n) is 10.8. The van der Waals surface area contributed by atoms with Gasteiger partial charge in [-0.2, -0.15) is 0 Å². The molecule has 0 amide bonds. The van der Waals surface area contributed by atoms with E-state index in [0.717, 1.165) is 13.0 Å². The maximum Gasteiger partial charge on any atom is 0.0480 e. The molecule has 0 aliphatic heterocycles. The maximum absolute atomic E-state index is 5.54. The molecule has 0 radical (unpaired) electrons. The fourth-order valence-electron chi connectivity index (χ4n) is 2.52. The van der Waals surface area contributed by atoms with E-state index in [1.807, 2.05) is 0 Å². The van der Waals surface area contributed by atoms with Gasteiger partial charge in [-0.05, 0) is 36.9 Å². The van der Waals surface area contributed by atoms with Crippen LogP contribution < -0.4 is 5.73 Å². The molecule has 17 heavy (non-hydrogen) atoms. The second-order valence-corrected chi connectivity index (χ2v) is 4.90. The molecule has 1 atom stereocenters. The summed E-state index contributed by atoms with van der Waals surface area (Å²) < 4.78 is 2.23. The lowest BCUT2D eigenvalue weighted by atomic mass is 9.95. The van der Waals surface area contributed by atoms with Gasteiger partial charge in [0.2, 0.25) is 0 Å². The van der Waals surface area contributed by atoms with Crippen molar-refractivity contribution in [3.8, 4) is 0 Å². The molecule has 2 heteroatoms. The van der Waals surface area contributed by atoms with Crippen LogP contribution in [-0.2, 0) is 7.05 Å². The third-order valence-electron chi connectivity index (χ3n) is 3.55. The molecule has 0 spiro atoms. The Morgan fingerprint density at radius 1 is 1.24 bits per heavy atom. The quantitative estimate of drug-likeness (QED) is 0.784. The number of para-hydroxylation sites is 1. The predicted octanol–water partition coefficient (Wildman–Crippen LogP) is 3.41. The first kappa shape index (κ1) is 12.2. The average molecular weight is 230 g/mol. The third kappa shape index (κ3) is 2.52. The van der Waals surface area contributed by atoms with E-state index in [0.29, 0.717) is 5.92 Å². The molecule has 0 saturated heterocycles. The zero-order valence-corrected chi connectivity index (χ0v) is 10.8. The van der Waals surface area contributed by atoms with Gasteiger partial charge in [-0.25, -0.2) is 0 Å². The summed E-state index contributed by atoms with van der Waals surface area (Å²) in [4.78, 5) is 0. The van der Waals surface area contributed by atoms with Crippen LogP contribution in [0, 0.1) is 0 Å². The normalized spacial score (nSPS) is 13.1. The first-order valence-electron chi connectivity index (χ1n) is 6.48. The van der Waals surface area contributed by atoms with Crippen molar-refractivity contribution in [1.82, 2.24) is 4.57 Å². The topological polar surface area (TPSA) is 30.9 Å². The van der Waals surface area contributed by atoms with E-state index >= 15 is 0 Å². The standard InChI is InChI=1S/C15H22N2/c1-12(7-5-6-10-16)14-11-17(2)15-9-4-3-8-13(14)15/h3-4,8-9,11-12H,5-7,10,16H2,1-2H3. The molecule has 0 bridgehead atoms. The highest BCUT2D eigenvalue weighted by Crippen LogP contribution is 2.29. The molecular formula is C15H22N2. The Bertz CT molecular complexity index is 485. The molecule has 2 N–H and O–H groups in total. The van der Waals surface area contributed by atoms with Gasteiger partial charge in [-0.1, -0.05) is 31.5 Å². The van der Waals surface area contributed by atoms with E-state index in [1.54, 1.807) is 0 Å². The van der Waals surface area contributed by atoms with Crippen LogP contribution >= 0.6 is 0 Å². The van der Waals surface area contributed by atoms with Gasteiger partial charge in [0.05, 0.1) is 0 Å². The number of nitrogens with two attached hydrogens (primary N) is 1. The van der Waals surface area contributed by atoms with Gasteiger partial charge in [-0.3, -0.25) is 0 Å². The summed E-state index contributed by atoms with van der Waals surface area (Å²) in [7, 11) is 2.12. The minimum atomic E-state index is 0.618. The fourth-order valence-corrected chi connectivity index (χ4v) is 2.52. The van der Waals surface area contributed by atoms with Crippen molar-refractivity contribution in [3.05, 3.63) is 36.0 Å². The minimum Gasteiger partial charge on any atom is -0.350 e. The number of aryl methyl sites for hydroxylation is 1. The third-order valence-corrected chi connectivity index (χ3v) is 3.55. The second kappa shape index (κ2) is 5.37. The summed E-state index contributed by atoms with van der Waals surface area (Å²) in [6.45, 7) is 3.13. The number of hydrogen-bond donors (Lipinski definition) is 1. The fraction of sp³-hybridized carbons (Fsp3) is 0.467. The van der Waals surface area contributed by atoms with E-state index in [-0.39, 0.29) is 0 Å². The summed E-state index contributed by atoms with van der Waals surface area (Å²) in [5.41, 5.74) is 8.34. The van der Waals surface area contributed by atoms with Crippen molar-refractivity contribution < 1.29 is 0 Å². The van der Waals surface area contributed by atoms with Crippen molar-refractivity contribution in [2.24, 2.45) is 12.8 Å². The monoisotopic (exact) mass is 230 g/mol. The number of nitrogens with zero attached hydrogens (tertiary/aromatic N) is 1. The minimum absolute atomic E-state index is 0.618. The van der Waals surface area contributed by atoms with Crippen LogP contribution in [0.15, 0.2) is 30.5 Å². The van der Waals surface area contributed by atoms with Crippen LogP contribution in [0.2, 0.25) is 0 Å². The van der Waals surface area contributed by atoms with Gasteiger partial charge >= 0.3 is 0 Å². The number of hydrogen-bond acceptors (Lipinski definition) is 1. The first-order chi connectivity index (χ1) is 8.24. The Morgan fingerprint density at radius 3 is 2.76 bits per heavy atom. The zero-order chi connectivity index (χ0) is 12.3. The van der Waals surface area contributed by atoms with Gasteiger partial charge in [0.15, 0.2) is 0 Å². The second-order valence-electron chi connectivity index (χ2n) is 4.90. The van der Waals surface area contributed by atoms with Crippen molar-refractivity contribution in [1.29, 1.82) is 0 Å². The first-order valence-corrected chi connectivity index (χ1v) is 6.48. The summed E-state index contributed by atoms with van der Waals surface area (Å²) in [5, 5.41) is 1.40. The molecule has 0 fully saturated rings. The van der Waals surface area contributed by atoms with Crippen LogP contribution in [0.4, 0.5) is 0 Å². The molecule has 0 aliphatic carbocycles. The number of rotatable bonds is 5. The summed E-state index contributed by atoms with van der Waals surface area (Å²) in [6, 6.07) is 8.64. The Balaban J connectivity index is 2.23. The molecule has 2 rings (SSSR count). The van der Waals surface area contributed by atoms with Crippen molar-refractivity contribution in [2.75, 3.05) is 6.54 Å². The van der Waals surface area contributed by atoms with E-state index < -0.39 is 0 Å². The van der Waals surface area contributed by atoms with Crippen LogP contribution in [0.1, 0.15) is 37.7 Å². The van der Waals surface area contributed by atoms with Crippen molar-refractivity contribution >= 4 is 10.9 Å². The van der Waals surface area contributed by atoms with Gasteiger partial charge in [0, 0.05) is 24.1 Å². The lowest BCUT2D eigenvalue weighted by Crippen LogP contribution is -2.00. The Labute approximate surface area is 103 Å². The molecule has 2 aromatic rings. The largest absolute Gasteiger partial charge is 0.350 e. The van der Waals surface area contributed by atoms with Gasteiger partial charge in [0.25, 0.3) is 0 Å². The van der Waals surface area contributed by atoms with Gasteiger partial charge in [0.1, 0.15) is 0 Å². The van der Waals surface area contributed by atoms with Crippen LogP contribution in [-0.4, -0.2) is 11.1 Å². The highest BCUT2D eigenvalue weighted by molar-refractivity contribution is 5.84. The predicted molar refractivity (Wildman–Crippen MR) is 74.2 cm³/mol. The number of aromatic nitrogens is 1. The van der Waals surface area contributed by atoms with Crippen LogP contribution in [0.5, 0.6) is 0 Å². The molecular weight excluding hydrogens is 208 g/mol. The van der Waals surface area contributed by atoms with Crippen LogP contribution in [0.3, 0.4) is 0 Å². The van der Waals surface area contributed by atoms with Crippen LogP contribution in [0.25, 0.3) is 10.9 Å². The molecule has 0 aliphatic rings. The summed E-state index contributed by atoms with van der Waals surface area (Å²) >= 11 is 0. The molecule has 0 saturated carbocycles. The van der Waals surface area contributed by atoms with E-state index in [1.165, 1.54) is 29.3 Å². The molecule has 1 aromatic carbocycles. The average Bonchev–Trinajstić information content (AvgIpc) is 2.68. The van der Waals surface area contributed by atoms with E-state index in [9.17, 15) is 0 Å². The molecule has 92 valence electrons. The number of unbranched alkanes of at least 4 members (excludes halogenated alkanes) is 1. The molecule has 1 aromatic heterocycles. The van der Waals surface area contributed by atoms with Gasteiger partial charge < -0.3 is 10.3 Å². The van der Waals surface area contributed by atoms with Crippen molar-refractivity contribution in [2.45, 2.75) is 32.1 Å². The number of benzene rings is 1. The Morgan fingerprint density at radius 2 is 2.00 bits per heavy atom. The highest BCUT2D eigenvalue weighted by atomic mass is 14.9. The lowest BCUT2D eigenvalue weighted by molar-refractivity contribution is 0.611. The Hall–Kier alpha value is -1.28. The smallest absolute Gasteiger partial charge is 0.0480 e. The lowest BCUT2D eigenvalue weighted by Gasteiger charge is -2.09. The summed E-state index contributed by atoms with van der Waals surface area (Å²) in [6.07, 6.45) is 5.86. The maximum atomic E-state index is 5.54. The highest BCUT2D eigenvalue weighted by Gasteiger charge is 2.12. The molecule has 2 nitrogen and oxygen atoms in total. The van der Waals surface area contributed by atoms with Crippen molar-refractivity contribution in [3.63, 3.8) is 0 Å². The SMILES string of the molecule is CC(CCCCN)c1cn(C)c2ccccc12. The van der Waals surface area contributed by atoms with Gasteiger partial charge in [-0.15, -0.1) is 0 Å². The number of fused-ring (bicyclic) bond motifs is 1. The molecule has 1 unspecified atom stereocenters. The molecule has 1 heterocycles.